The van der Waals surface area contributed by atoms with Crippen LogP contribution in [-0.2, 0) is 11.8 Å². The highest BCUT2D eigenvalue weighted by molar-refractivity contribution is 6.17. The zero-order valence-corrected chi connectivity index (χ0v) is 14.1. The SMILES string of the molecule is COc1cc(/C=C/c2ccc(CCl)c(OC)c2)ccc1CCl. The highest BCUT2D eigenvalue weighted by Crippen LogP contribution is 2.25. The number of alkyl halides is 2. The maximum absolute atomic E-state index is 5.88. The van der Waals surface area contributed by atoms with Crippen LogP contribution in [-0.4, -0.2) is 14.2 Å². The third-order valence-electron chi connectivity index (χ3n) is 3.38. The van der Waals surface area contributed by atoms with Crippen molar-refractivity contribution in [3.05, 3.63) is 58.7 Å². The number of rotatable bonds is 6. The summed E-state index contributed by atoms with van der Waals surface area (Å²) in [6.45, 7) is 0. The van der Waals surface area contributed by atoms with Crippen LogP contribution in [0.5, 0.6) is 11.5 Å². The lowest BCUT2D eigenvalue weighted by Gasteiger charge is -2.07. The molecule has 0 fully saturated rings. The summed E-state index contributed by atoms with van der Waals surface area (Å²) in [5.74, 6) is 2.47. The lowest BCUT2D eigenvalue weighted by molar-refractivity contribution is 0.411. The van der Waals surface area contributed by atoms with Gasteiger partial charge in [-0.2, -0.15) is 0 Å². The fourth-order valence-electron chi connectivity index (χ4n) is 2.14. The average Bonchev–Trinajstić information content (AvgIpc) is 2.59. The van der Waals surface area contributed by atoms with Gasteiger partial charge < -0.3 is 9.47 Å². The van der Waals surface area contributed by atoms with Crippen LogP contribution in [0, 0.1) is 0 Å². The summed E-state index contributed by atoms with van der Waals surface area (Å²) >= 11 is 11.8. The Kier molecular flexibility index (Phi) is 6.17. The second-order valence-corrected chi connectivity index (χ2v) is 5.28. The largest absolute Gasteiger partial charge is 0.496 e. The molecule has 0 aromatic heterocycles. The molecule has 2 nitrogen and oxygen atoms in total. The highest BCUT2D eigenvalue weighted by Gasteiger charge is 2.03. The molecule has 0 bridgehead atoms. The molecule has 0 N–H and O–H groups in total. The monoisotopic (exact) mass is 336 g/mol. The molecule has 22 heavy (non-hydrogen) atoms. The molecule has 2 aromatic carbocycles. The third-order valence-corrected chi connectivity index (χ3v) is 3.95. The van der Waals surface area contributed by atoms with Crippen molar-refractivity contribution in [2.75, 3.05) is 14.2 Å². The van der Waals surface area contributed by atoms with E-state index in [1.807, 2.05) is 48.6 Å². The van der Waals surface area contributed by atoms with Gasteiger partial charge in [-0.05, 0) is 23.3 Å². The number of ether oxygens (including phenoxy) is 2. The van der Waals surface area contributed by atoms with Crippen LogP contribution in [0.3, 0.4) is 0 Å². The molecule has 0 aliphatic rings. The van der Waals surface area contributed by atoms with Crippen molar-refractivity contribution in [3.8, 4) is 11.5 Å². The standard InChI is InChI=1S/C18H18Cl2O2/c1-21-17-9-13(5-7-15(17)11-19)3-4-14-6-8-16(12-20)18(10-14)22-2/h3-10H,11-12H2,1-2H3/b4-3+. The molecule has 0 unspecified atom stereocenters. The number of hydrogen-bond acceptors (Lipinski definition) is 2. The number of methoxy groups -OCH3 is 2. The molecule has 2 rings (SSSR count). The molecule has 0 radical (unpaired) electrons. The van der Waals surface area contributed by atoms with Gasteiger partial charge in [-0.3, -0.25) is 0 Å². The van der Waals surface area contributed by atoms with E-state index < -0.39 is 0 Å². The van der Waals surface area contributed by atoms with Crippen molar-refractivity contribution in [1.29, 1.82) is 0 Å². The van der Waals surface area contributed by atoms with E-state index in [4.69, 9.17) is 32.7 Å². The highest BCUT2D eigenvalue weighted by atomic mass is 35.5. The summed E-state index contributed by atoms with van der Waals surface area (Å²) in [5.41, 5.74) is 4.06. The topological polar surface area (TPSA) is 18.5 Å². The van der Waals surface area contributed by atoms with Gasteiger partial charge in [0.1, 0.15) is 11.5 Å². The molecule has 116 valence electrons. The van der Waals surface area contributed by atoms with E-state index in [1.165, 1.54) is 0 Å². The van der Waals surface area contributed by atoms with Gasteiger partial charge in [-0.25, -0.2) is 0 Å². The van der Waals surface area contributed by atoms with Gasteiger partial charge in [0.2, 0.25) is 0 Å². The molecule has 0 aliphatic carbocycles. The first-order chi connectivity index (χ1) is 10.7. The van der Waals surface area contributed by atoms with E-state index in [9.17, 15) is 0 Å². The first-order valence-electron chi connectivity index (χ1n) is 6.85. The molecule has 0 amide bonds. The minimum Gasteiger partial charge on any atom is -0.496 e. The summed E-state index contributed by atoms with van der Waals surface area (Å²) < 4.78 is 10.7. The maximum atomic E-state index is 5.88. The van der Waals surface area contributed by atoms with Gasteiger partial charge in [-0.15, -0.1) is 23.2 Å². The second kappa shape index (κ2) is 8.11. The zero-order chi connectivity index (χ0) is 15.9. The molecular weight excluding hydrogens is 319 g/mol. The fourth-order valence-corrected chi connectivity index (χ4v) is 2.58. The van der Waals surface area contributed by atoms with Gasteiger partial charge in [0.05, 0.1) is 26.0 Å². The molecule has 0 heterocycles. The zero-order valence-electron chi connectivity index (χ0n) is 12.6. The summed E-state index contributed by atoms with van der Waals surface area (Å²) in [4.78, 5) is 0. The van der Waals surface area contributed by atoms with Gasteiger partial charge >= 0.3 is 0 Å². The minimum absolute atomic E-state index is 0.435. The van der Waals surface area contributed by atoms with Crippen LogP contribution in [0.2, 0.25) is 0 Å². The van der Waals surface area contributed by atoms with Crippen molar-refractivity contribution >= 4 is 35.4 Å². The van der Waals surface area contributed by atoms with Crippen LogP contribution in [0.4, 0.5) is 0 Å². The summed E-state index contributed by atoms with van der Waals surface area (Å²) in [5, 5.41) is 0. The van der Waals surface area contributed by atoms with E-state index in [1.54, 1.807) is 14.2 Å². The van der Waals surface area contributed by atoms with Crippen molar-refractivity contribution < 1.29 is 9.47 Å². The first kappa shape index (κ1) is 16.7. The van der Waals surface area contributed by atoms with Gasteiger partial charge in [0.15, 0.2) is 0 Å². The van der Waals surface area contributed by atoms with E-state index in [0.717, 1.165) is 33.8 Å². The Balaban J connectivity index is 2.25. The molecule has 4 heteroatoms. The fraction of sp³-hybridized carbons (Fsp3) is 0.222. The Labute approximate surface area is 141 Å². The second-order valence-electron chi connectivity index (χ2n) is 4.74. The van der Waals surface area contributed by atoms with Crippen molar-refractivity contribution in [2.45, 2.75) is 11.8 Å². The van der Waals surface area contributed by atoms with Gasteiger partial charge in [-0.1, -0.05) is 36.4 Å². The Hall–Kier alpha value is -1.64. The molecule has 0 saturated heterocycles. The van der Waals surface area contributed by atoms with Crippen molar-refractivity contribution in [2.24, 2.45) is 0 Å². The minimum atomic E-state index is 0.435. The third kappa shape index (κ3) is 3.96. The molecule has 0 aliphatic heterocycles. The molecular formula is C18H18Cl2O2. The van der Waals surface area contributed by atoms with Crippen molar-refractivity contribution in [1.82, 2.24) is 0 Å². The lowest BCUT2D eigenvalue weighted by Crippen LogP contribution is -1.90. The van der Waals surface area contributed by atoms with E-state index in [0.29, 0.717) is 11.8 Å². The van der Waals surface area contributed by atoms with Crippen LogP contribution >= 0.6 is 23.2 Å². The summed E-state index contributed by atoms with van der Waals surface area (Å²) in [6.07, 6.45) is 4.05. The number of benzene rings is 2. The van der Waals surface area contributed by atoms with Gasteiger partial charge in [0, 0.05) is 11.1 Å². The lowest BCUT2D eigenvalue weighted by atomic mass is 10.1. The van der Waals surface area contributed by atoms with E-state index in [-0.39, 0.29) is 0 Å². The summed E-state index contributed by atoms with van der Waals surface area (Å²) in [6, 6.07) is 11.9. The predicted molar refractivity (Wildman–Crippen MR) is 94.0 cm³/mol. The van der Waals surface area contributed by atoms with Gasteiger partial charge in [0.25, 0.3) is 0 Å². The smallest absolute Gasteiger partial charge is 0.123 e. The van der Waals surface area contributed by atoms with Crippen LogP contribution in [0.15, 0.2) is 36.4 Å². The number of halogens is 2. The van der Waals surface area contributed by atoms with Crippen LogP contribution < -0.4 is 9.47 Å². The van der Waals surface area contributed by atoms with E-state index in [2.05, 4.69) is 0 Å². The molecule has 2 aromatic rings. The predicted octanol–water partition coefficient (Wildman–Crippen LogP) is 5.35. The Morgan fingerprint density at radius 3 is 1.50 bits per heavy atom. The normalized spacial score (nSPS) is 10.9. The first-order valence-corrected chi connectivity index (χ1v) is 7.92. The molecule has 0 spiro atoms. The maximum Gasteiger partial charge on any atom is 0.123 e. The Morgan fingerprint density at radius 1 is 0.773 bits per heavy atom. The average molecular weight is 337 g/mol. The van der Waals surface area contributed by atoms with Crippen molar-refractivity contribution in [3.63, 3.8) is 0 Å². The Bertz CT molecular complexity index is 609. The quantitative estimate of drug-likeness (QED) is 0.522. The van der Waals surface area contributed by atoms with Crippen LogP contribution in [0.1, 0.15) is 22.3 Å². The molecule has 0 saturated carbocycles. The molecule has 0 atom stereocenters. The van der Waals surface area contributed by atoms with E-state index >= 15 is 0 Å². The van der Waals surface area contributed by atoms with Crippen LogP contribution in [0.25, 0.3) is 12.2 Å². The summed E-state index contributed by atoms with van der Waals surface area (Å²) in [7, 11) is 3.29. The Morgan fingerprint density at radius 2 is 1.18 bits per heavy atom. The number of hydrogen-bond donors (Lipinski definition) is 0.